The predicted molar refractivity (Wildman–Crippen MR) is 80.7 cm³/mol. The van der Waals surface area contributed by atoms with Crippen LogP contribution in [0.25, 0.3) is 0 Å². The minimum Gasteiger partial charge on any atom is -0.380 e. The Hall–Kier alpha value is -1.06. The van der Waals surface area contributed by atoms with E-state index in [-0.39, 0.29) is 5.54 Å². The van der Waals surface area contributed by atoms with E-state index < -0.39 is 0 Å². The fraction of sp³-hybridized carbons (Fsp3) is 0.625. The smallest absolute Gasteiger partial charge is 0.0713 e. The molecule has 0 aliphatic carbocycles. The lowest BCUT2D eigenvalue weighted by atomic mass is 9.90. The first-order valence-electron chi connectivity index (χ1n) is 7.31. The Morgan fingerprint density at radius 1 is 1.32 bits per heavy atom. The lowest BCUT2D eigenvalue weighted by Crippen LogP contribution is -2.60. The zero-order chi connectivity index (χ0) is 13.7. The van der Waals surface area contributed by atoms with Gasteiger partial charge in [-0.2, -0.15) is 0 Å². The second-order valence-corrected chi connectivity index (χ2v) is 5.44. The van der Waals surface area contributed by atoms with Gasteiger partial charge in [-0.3, -0.25) is 0 Å². The van der Waals surface area contributed by atoms with Gasteiger partial charge in [0.1, 0.15) is 0 Å². The first-order chi connectivity index (χ1) is 9.23. The molecule has 1 fully saturated rings. The first-order valence-corrected chi connectivity index (χ1v) is 7.31. The molecule has 1 heterocycles. The van der Waals surface area contributed by atoms with E-state index in [4.69, 9.17) is 4.74 Å². The standard InChI is InChI=1S/C16H26N2O/c1-4-16(5-2)13-18(10-9-17-16)15-8-6-7-14(11-15)12-19-3/h6-8,11,17H,4-5,9-10,12-13H2,1-3H3. The van der Waals surface area contributed by atoms with Crippen LogP contribution >= 0.6 is 0 Å². The predicted octanol–water partition coefficient (Wildman–Crippen LogP) is 2.80. The molecule has 0 radical (unpaired) electrons. The fourth-order valence-electron chi connectivity index (χ4n) is 2.91. The number of hydrogen-bond donors (Lipinski definition) is 1. The van der Waals surface area contributed by atoms with Gasteiger partial charge < -0.3 is 15.0 Å². The van der Waals surface area contributed by atoms with Gasteiger partial charge in [0.25, 0.3) is 0 Å². The summed E-state index contributed by atoms with van der Waals surface area (Å²) in [6.07, 6.45) is 2.36. The lowest BCUT2D eigenvalue weighted by molar-refractivity contribution is 0.185. The molecule has 1 aromatic rings. The van der Waals surface area contributed by atoms with E-state index >= 15 is 0 Å². The van der Waals surface area contributed by atoms with Crippen LogP contribution in [0.15, 0.2) is 24.3 Å². The molecule has 106 valence electrons. The van der Waals surface area contributed by atoms with Gasteiger partial charge in [0.05, 0.1) is 6.61 Å². The Balaban J connectivity index is 2.14. The molecule has 0 aromatic heterocycles. The van der Waals surface area contributed by atoms with E-state index in [0.717, 1.165) is 19.6 Å². The Morgan fingerprint density at radius 3 is 2.79 bits per heavy atom. The van der Waals surface area contributed by atoms with Crippen molar-refractivity contribution in [1.29, 1.82) is 0 Å². The van der Waals surface area contributed by atoms with Crippen molar-refractivity contribution in [2.24, 2.45) is 0 Å². The zero-order valence-electron chi connectivity index (χ0n) is 12.4. The van der Waals surface area contributed by atoms with Gasteiger partial charge in [-0.05, 0) is 30.5 Å². The number of methoxy groups -OCH3 is 1. The van der Waals surface area contributed by atoms with E-state index in [0.29, 0.717) is 6.61 Å². The van der Waals surface area contributed by atoms with Crippen LogP contribution in [0, 0.1) is 0 Å². The number of nitrogens with one attached hydrogen (secondary N) is 1. The van der Waals surface area contributed by atoms with Crippen molar-refractivity contribution in [3.05, 3.63) is 29.8 Å². The van der Waals surface area contributed by atoms with Crippen LogP contribution in [-0.2, 0) is 11.3 Å². The van der Waals surface area contributed by atoms with Crippen molar-refractivity contribution in [1.82, 2.24) is 5.32 Å². The van der Waals surface area contributed by atoms with Crippen molar-refractivity contribution in [3.63, 3.8) is 0 Å². The number of benzene rings is 1. The Kier molecular flexibility index (Phi) is 4.83. The molecule has 0 unspecified atom stereocenters. The van der Waals surface area contributed by atoms with E-state index in [2.05, 4.69) is 48.3 Å². The molecule has 1 aliphatic rings. The topological polar surface area (TPSA) is 24.5 Å². The van der Waals surface area contributed by atoms with Gasteiger partial charge in [0.2, 0.25) is 0 Å². The Labute approximate surface area is 116 Å². The van der Waals surface area contributed by atoms with E-state index in [9.17, 15) is 0 Å². The van der Waals surface area contributed by atoms with Gasteiger partial charge in [0, 0.05) is 38.0 Å². The van der Waals surface area contributed by atoms with Crippen molar-refractivity contribution in [3.8, 4) is 0 Å². The Bertz CT molecular complexity index is 401. The highest BCUT2D eigenvalue weighted by molar-refractivity contribution is 5.49. The summed E-state index contributed by atoms with van der Waals surface area (Å²) in [5.41, 5.74) is 2.84. The molecule has 1 N–H and O–H groups in total. The second-order valence-electron chi connectivity index (χ2n) is 5.44. The summed E-state index contributed by atoms with van der Waals surface area (Å²) in [4.78, 5) is 2.50. The number of nitrogens with zero attached hydrogens (tertiary/aromatic N) is 1. The molecule has 0 saturated carbocycles. The maximum absolute atomic E-state index is 5.22. The maximum Gasteiger partial charge on any atom is 0.0713 e. The fourth-order valence-corrected chi connectivity index (χ4v) is 2.91. The van der Waals surface area contributed by atoms with Crippen LogP contribution in [0.1, 0.15) is 32.3 Å². The molecule has 0 bridgehead atoms. The summed E-state index contributed by atoms with van der Waals surface area (Å²) < 4.78 is 5.22. The van der Waals surface area contributed by atoms with Crippen molar-refractivity contribution >= 4 is 5.69 Å². The summed E-state index contributed by atoms with van der Waals surface area (Å²) in [6.45, 7) is 8.49. The number of rotatable bonds is 5. The quantitative estimate of drug-likeness (QED) is 0.883. The first kappa shape index (κ1) is 14.4. The maximum atomic E-state index is 5.22. The van der Waals surface area contributed by atoms with Crippen LogP contribution in [-0.4, -0.2) is 32.3 Å². The molecule has 3 nitrogen and oxygen atoms in total. The molecule has 19 heavy (non-hydrogen) atoms. The minimum atomic E-state index is 0.273. The number of ether oxygens (including phenoxy) is 1. The average molecular weight is 262 g/mol. The summed E-state index contributed by atoms with van der Waals surface area (Å²) in [6, 6.07) is 8.72. The zero-order valence-corrected chi connectivity index (χ0v) is 12.4. The van der Waals surface area contributed by atoms with Crippen LogP contribution < -0.4 is 10.2 Å². The monoisotopic (exact) mass is 262 g/mol. The molecule has 0 atom stereocenters. The number of piperazine rings is 1. The van der Waals surface area contributed by atoms with Crippen molar-refractivity contribution < 1.29 is 4.74 Å². The van der Waals surface area contributed by atoms with E-state index in [1.54, 1.807) is 7.11 Å². The van der Waals surface area contributed by atoms with E-state index in [1.807, 2.05) is 0 Å². The Morgan fingerprint density at radius 2 is 2.11 bits per heavy atom. The largest absolute Gasteiger partial charge is 0.380 e. The minimum absolute atomic E-state index is 0.273. The van der Waals surface area contributed by atoms with Gasteiger partial charge in [-0.25, -0.2) is 0 Å². The molecule has 1 saturated heterocycles. The summed E-state index contributed by atoms with van der Waals surface area (Å²) >= 11 is 0. The van der Waals surface area contributed by atoms with Gasteiger partial charge in [0.15, 0.2) is 0 Å². The molecule has 1 aliphatic heterocycles. The summed E-state index contributed by atoms with van der Waals surface area (Å²) in [5, 5.41) is 3.71. The summed E-state index contributed by atoms with van der Waals surface area (Å²) in [7, 11) is 1.75. The van der Waals surface area contributed by atoms with Crippen LogP contribution in [0.3, 0.4) is 0 Å². The van der Waals surface area contributed by atoms with Crippen molar-refractivity contribution in [2.45, 2.75) is 38.8 Å². The van der Waals surface area contributed by atoms with Crippen LogP contribution in [0.4, 0.5) is 5.69 Å². The third-order valence-electron chi connectivity index (χ3n) is 4.32. The normalized spacial score (nSPS) is 18.6. The molecule has 0 amide bonds. The molecule has 3 heteroatoms. The van der Waals surface area contributed by atoms with Crippen molar-refractivity contribution in [2.75, 3.05) is 31.6 Å². The molecular weight excluding hydrogens is 236 g/mol. The summed E-state index contributed by atoms with van der Waals surface area (Å²) in [5.74, 6) is 0. The number of anilines is 1. The molecule has 2 rings (SSSR count). The highest BCUT2D eigenvalue weighted by Gasteiger charge is 2.31. The van der Waals surface area contributed by atoms with Gasteiger partial charge >= 0.3 is 0 Å². The molecule has 0 spiro atoms. The lowest BCUT2D eigenvalue weighted by Gasteiger charge is -2.44. The van der Waals surface area contributed by atoms with E-state index in [1.165, 1.54) is 24.1 Å². The highest BCUT2D eigenvalue weighted by atomic mass is 16.5. The second kappa shape index (κ2) is 6.40. The SMILES string of the molecule is CCC1(CC)CN(c2cccc(COC)c2)CCN1. The third kappa shape index (κ3) is 3.28. The molecular formula is C16H26N2O. The van der Waals surface area contributed by atoms with Gasteiger partial charge in [-0.15, -0.1) is 0 Å². The van der Waals surface area contributed by atoms with Crippen LogP contribution in [0.5, 0.6) is 0 Å². The number of hydrogen-bond acceptors (Lipinski definition) is 3. The third-order valence-corrected chi connectivity index (χ3v) is 4.32. The average Bonchev–Trinajstić information content (AvgIpc) is 2.48. The van der Waals surface area contributed by atoms with Gasteiger partial charge in [-0.1, -0.05) is 26.0 Å². The highest BCUT2D eigenvalue weighted by Crippen LogP contribution is 2.25. The van der Waals surface area contributed by atoms with Crippen LogP contribution in [0.2, 0.25) is 0 Å². The molecule has 1 aromatic carbocycles.